The molecule has 0 radical (unpaired) electrons. The van der Waals surface area contributed by atoms with Gasteiger partial charge >= 0.3 is 0 Å². The molecule has 0 aliphatic rings. The van der Waals surface area contributed by atoms with Gasteiger partial charge in [-0.05, 0) is 6.07 Å². The molecule has 0 bridgehead atoms. The zero-order valence-electron chi connectivity index (χ0n) is 8.17. The highest BCUT2D eigenvalue weighted by Gasteiger charge is 2.11. The van der Waals surface area contributed by atoms with Crippen LogP contribution in [-0.4, -0.2) is 30.3 Å². The summed E-state index contributed by atoms with van der Waals surface area (Å²) < 4.78 is 0. The van der Waals surface area contributed by atoms with Crippen molar-refractivity contribution in [1.82, 2.24) is 4.98 Å². The van der Waals surface area contributed by atoms with Gasteiger partial charge in [-0.2, -0.15) is 0 Å². The highest BCUT2D eigenvalue weighted by molar-refractivity contribution is 6.37. The van der Waals surface area contributed by atoms with E-state index in [2.05, 4.69) is 10.4 Å². The number of hydrogen-bond acceptors (Lipinski definition) is 5. The monoisotopic (exact) mass is 250 g/mol. The topological polar surface area (TPSA) is 74.4 Å². The Morgan fingerprint density at radius 3 is 2.73 bits per heavy atom. The maximum Gasteiger partial charge on any atom is 0.161 e. The number of halogens is 2. The molecule has 0 spiro atoms. The van der Waals surface area contributed by atoms with Gasteiger partial charge in [0.15, 0.2) is 5.82 Å². The number of aromatic nitrogens is 1. The number of anilines is 2. The van der Waals surface area contributed by atoms with Crippen molar-refractivity contribution in [3.8, 4) is 0 Å². The summed E-state index contributed by atoms with van der Waals surface area (Å²) in [4.78, 5) is 5.83. The number of nitrogens with two attached hydrogens (primary N) is 1. The normalized spacial score (nSPS) is 10.2. The Labute approximate surface area is 97.8 Å². The lowest BCUT2D eigenvalue weighted by atomic mass is 10.4. The minimum Gasteiger partial charge on any atom is -0.395 e. The van der Waals surface area contributed by atoms with Gasteiger partial charge in [0.1, 0.15) is 5.82 Å². The van der Waals surface area contributed by atoms with Crippen LogP contribution in [0.2, 0.25) is 10.0 Å². The molecule has 1 heterocycles. The number of aliphatic hydroxyl groups excluding tert-OH is 1. The molecule has 4 N–H and O–H groups in total. The third kappa shape index (κ3) is 2.85. The Hall–Kier alpha value is -0.750. The average molecular weight is 251 g/mol. The van der Waals surface area contributed by atoms with E-state index in [0.717, 1.165) is 0 Å². The second-order valence-corrected chi connectivity index (χ2v) is 3.73. The Bertz CT molecular complexity index is 348. The van der Waals surface area contributed by atoms with Gasteiger partial charge in [0.05, 0.1) is 16.7 Å². The lowest BCUT2D eigenvalue weighted by Crippen LogP contribution is -2.23. The summed E-state index contributed by atoms with van der Waals surface area (Å²) in [6.45, 7) is 0.445. The molecule has 84 valence electrons. The molecule has 0 aliphatic carbocycles. The number of nitrogens with one attached hydrogen (secondary N) is 1. The molecule has 0 aliphatic heterocycles. The largest absolute Gasteiger partial charge is 0.395 e. The van der Waals surface area contributed by atoms with E-state index in [4.69, 9.17) is 34.2 Å². The van der Waals surface area contributed by atoms with Crippen LogP contribution in [0.15, 0.2) is 6.07 Å². The molecule has 0 unspecified atom stereocenters. The van der Waals surface area contributed by atoms with E-state index in [1.807, 2.05) is 0 Å². The molecule has 1 aromatic rings. The van der Waals surface area contributed by atoms with Gasteiger partial charge in [0, 0.05) is 13.6 Å². The first kappa shape index (κ1) is 12.3. The van der Waals surface area contributed by atoms with Crippen LogP contribution < -0.4 is 16.2 Å². The summed E-state index contributed by atoms with van der Waals surface area (Å²) in [6.07, 6.45) is 0. The van der Waals surface area contributed by atoms with Gasteiger partial charge in [0.2, 0.25) is 0 Å². The van der Waals surface area contributed by atoms with Crippen molar-refractivity contribution >= 4 is 34.8 Å². The second-order valence-electron chi connectivity index (χ2n) is 2.91. The number of nitrogen functional groups attached to an aromatic ring is 1. The van der Waals surface area contributed by atoms with Gasteiger partial charge in [0.25, 0.3) is 0 Å². The Morgan fingerprint density at radius 2 is 2.20 bits per heavy atom. The smallest absolute Gasteiger partial charge is 0.161 e. The van der Waals surface area contributed by atoms with E-state index in [0.29, 0.717) is 28.2 Å². The van der Waals surface area contributed by atoms with Gasteiger partial charge in [-0.3, -0.25) is 0 Å². The molecule has 0 saturated heterocycles. The van der Waals surface area contributed by atoms with Crippen molar-refractivity contribution in [3.05, 3.63) is 16.1 Å². The zero-order valence-corrected chi connectivity index (χ0v) is 9.68. The van der Waals surface area contributed by atoms with E-state index in [1.165, 1.54) is 0 Å². The van der Waals surface area contributed by atoms with Crippen LogP contribution in [0.5, 0.6) is 0 Å². The number of rotatable bonds is 4. The van der Waals surface area contributed by atoms with Crippen molar-refractivity contribution in [2.75, 3.05) is 30.5 Å². The third-order valence-electron chi connectivity index (χ3n) is 1.84. The standard InChI is InChI=1S/C8H12Cl2N4O/c1-14(2-3-15)8-6(10)4-5(9)7(12-8)13-11/h4,15H,2-3,11H2,1H3,(H,12,13). The van der Waals surface area contributed by atoms with Crippen LogP contribution in [0.4, 0.5) is 11.6 Å². The summed E-state index contributed by atoms with van der Waals surface area (Å²) in [5.74, 6) is 6.10. The predicted molar refractivity (Wildman–Crippen MR) is 62.4 cm³/mol. The van der Waals surface area contributed by atoms with E-state index < -0.39 is 0 Å². The number of nitrogens with zero attached hydrogens (tertiary/aromatic N) is 2. The van der Waals surface area contributed by atoms with E-state index >= 15 is 0 Å². The van der Waals surface area contributed by atoms with Crippen molar-refractivity contribution in [3.63, 3.8) is 0 Å². The molecule has 0 atom stereocenters. The fraction of sp³-hybridized carbons (Fsp3) is 0.375. The van der Waals surface area contributed by atoms with Crippen LogP contribution in [0, 0.1) is 0 Å². The molecule has 5 nitrogen and oxygen atoms in total. The maximum absolute atomic E-state index is 8.79. The number of likely N-dealkylation sites (N-methyl/N-ethyl adjacent to an activating group) is 1. The fourth-order valence-corrected chi connectivity index (χ4v) is 1.64. The minimum absolute atomic E-state index is 0.0164. The molecule has 15 heavy (non-hydrogen) atoms. The lowest BCUT2D eigenvalue weighted by Gasteiger charge is -2.19. The highest BCUT2D eigenvalue weighted by atomic mass is 35.5. The highest BCUT2D eigenvalue weighted by Crippen LogP contribution is 2.30. The van der Waals surface area contributed by atoms with E-state index in [9.17, 15) is 0 Å². The minimum atomic E-state index is 0.0164. The first-order valence-corrected chi connectivity index (χ1v) is 5.00. The van der Waals surface area contributed by atoms with Crippen LogP contribution in [0.3, 0.4) is 0 Å². The molecule has 1 aromatic heterocycles. The van der Waals surface area contributed by atoms with Crippen molar-refractivity contribution in [2.24, 2.45) is 5.84 Å². The van der Waals surface area contributed by atoms with Gasteiger partial charge < -0.3 is 15.4 Å². The predicted octanol–water partition coefficient (Wildman–Crippen LogP) is 1.10. The lowest BCUT2D eigenvalue weighted by molar-refractivity contribution is 0.304. The Morgan fingerprint density at radius 1 is 1.53 bits per heavy atom. The molecular formula is C8H12Cl2N4O. The van der Waals surface area contributed by atoms with Gasteiger partial charge in [-0.1, -0.05) is 23.2 Å². The molecular weight excluding hydrogens is 239 g/mol. The zero-order chi connectivity index (χ0) is 11.4. The summed E-state index contributed by atoms with van der Waals surface area (Å²) in [6, 6.07) is 1.55. The molecule has 0 fully saturated rings. The molecule has 7 heteroatoms. The summed E-state index contributed by atoms with van der Waals surface area (Å²) in [5.41, 5.74) is 2.37. The number of hydrazine groups is 1. The van der Waals surface area contributed by atoms with Gasteiger partial charge in [-0.15, -0.1) is 0 Å². The molecule has 0 saturated carbocycles. The van der Waals surface area contributed by atoms with E-state index in [1.54, 1.807) is 18.0 Å². The number of hydrogen-bond donors (Lipinski definition) is 3. The summed E-state index contributed by atoms with van der Waals surface area (Å²) >= 11 is 11.8. The van der Waals surface area contributed by atoms with Crippen LogP contribution in [0.1, 0.15) is 0 Å². The number of pyridine rings is 1. The second kappa shape index (κ2) is 5.37. The quantitative estimate of drug-likeness (QED) is 0.552. The van der Waals surface area contributed by atoms with Crippen molar-refractivity contribution < 1.29 is 5.11 Å². The van der Waals surface area contributed by atoms with Crippen molar-refractivity contribution in [1.29, 1.82) is 0 Å². The maximum atomic E-state index is 8.79. The molecule has 0 aromatic carbocycles. The fourth-order valence-electron chi connectivity index (χ4n) is 1.08. The number of aliphatic hydroxyl groups is 1. The van der Waals surface area contributed by atoms with Crippen molar-refractivity contribution in [2.45, 2.75) is 0 Å². The Kier molecular flexibility index (Phi) is 4.41. The third-order valence-corrected chi connectivity index (χ3v) is 2.41. The molecule has 0 amide bonds. The summed E-state index contributed by atoms with van der Waals surface area (Å²) in [7, 11) is 1.76. The molecule has 1 rings (SSSR count). The SMILES string of the molecule is CN(CCO)c1nc(NN)c(Cl)cc1Cl. The summed E-state index contributed by atoms with van der Waals surface area (Å²) in [5, 5.41) is 9.55. The van der Waals surface area contributed by atoms with Gasteiger partial charge in [-0.25, -0.2) is 10.8 Å². The first-order valence-electron chi connectivity index (χ1n) is 4.24. The first-order chi connectivity index (χ1) is 7.10. The average Bonchev–Trinajstić information content (AvgIpc) is 2.18. The Balaban J connectivity index is 3.06. The van der Waals surface area contributed by atoms with Crippen LogP contribution in [-0.2, 0) is 0 Å². The van der Waals surface area contributed by atoms with Crippen LogP contribution >= 0.6 is 23.2 Å². The van der Waals surface area contributed by atoms with E-state index in [-0.39, 0.29) is 6.61 Å². The van der Waals surface area contributed by atoms with Crippen LogP contribution in [0.25, 0.3) is 0 Å².